The summed E-state index contributed by atoms with van der Waals surface area (Å²) in [5, 5.41) is 2.81. The summed E-state index contributed by atoms with van der Waals surface area (Å²) in [6, 6.07) is -0.497. The Morgan fingerprint density at radius 2 is 2.06 bits per heavy atom. The van der Waals surface area contributed by atoms with Crippen molar-refractivity contribution in [1.29, 1.82) is 0 Å². The first-order valence-corrected chi connectivity index (χ1v) is 5.98. The monoisotopic (exact) mass is 227 g/mol. The second kappa shape index (κ2) is 5.87. The first kappa shape index (κ1) is 13.0. The number of nitrogens with one attached hydrogen (secondary N) is 1. The van der Waals surface area contributed by atoms with Gasteiger partial charge in [0.1, 0.15) is 6.04 Å². The first-order chi connectivity index (χ1) is 7.60. The second-order valence-corrected chi connectivity index (χ2v) is 4.52. The Kier molecular flexibility index (Phi) is 4.77. The fourth-order valence-electron chi connectivity index (χ4n) is 1.74. The van der Waals surface area contributed by atoms with Gasteiger partial charge in [-0.1, -0.05) is 26.7 Å². The summed E-state index contributed by atoms with van der Waals surface area (Å²) in [4.78, 5) is 23.3. The zero-order valence-electron chi connectivity index (χ0n) is 10.3. The minimum absolute atomic E-state index is 0.00181. The maximum Gasteiger partial charge on any atom is 0.328 e. The van der Waals surface area contributed by atoms with Crippen molar-refractivity contribution in [2.24, 2.45) is 11.8 Å². The molecule has 0 aliphatic heterocycles. The van der Waals surface area contributed by atoms with Gasteiger partial charge in [0.25, 0.3) is 0 Å². The minimum atomic E-state index is -0.497. The average Bonchev–Trinajstić information content (AvgIpc) is 2.21. The Balaban J connectivity index is 2.54. The highest BCUT2D eigenvalue weighted by Crippen LogP contribution is 2.26. The molecule has 4 nitrogen and oxygen atoms in total. The Morgan fingerprint density at radius 1 is 1.44 bits per heavy atom. The molecule has 4 heteroatoms. The van der Waals surface area contributed by atoms with Crippen LogP contribution >= 0.6 is 0 Å². The number of methoxy groups -OCH3 is 1. The van der Waals surface area contributed by atoms with Gasteiger partial charge in [-0.15, -0.1) is 0 Å². The van der Waals surface area contributed by atoms with Gasteiger partial charge in [-0.25, -0.2) is 4.79 Å². The molecular weight excluding hydrogens is 206 g/mol. The van der Waals surface area contributed by atoms with E-state index in [-0.39, 0.29) is 23.7 Å². The Morgan fingerprint density at radius 3 is 2.44 bits per heavy atom. The number of amides is 1. The molecule has 0 aromatic carbocycles. The number of carbonyl (C=O) groups is 2. The van der Waals surface area contributed by atoms with Crippen molar-refractivity contribution in [3.63, 3.8) is 0 Å². The normalized spacial score (nSPS) is 19.4. The Bertz CT molecular complexity index is 261. The molecule has 1 saturated carbocycles. The van der Waals surface area contributed by atoms with Gasteiger partial charge >= 0.3 is 5.97 Å². The highest BCUT2D eigenvalue weighted by Gasteiger charge is 2.31. The highest BCUT2D eigenvalue weighted by atomic mass is 16.5. The number of esters is 1. The van der Waals surface area contributed by atoms with Crippen molar-refractivity contribution in [2.45, 2.75) is 45.6 Å². The van der Waals surface area contributed by atoms with Crippen LogP contribution in [-0.2, 0) is 14.3 Å². The van der Waals surface area contributed by atoms with Crippen LogP contribution in [0.1, 0.15) is 39.5 Å². The molecule has 1 rings (SSSR count). The van der Waals surface area contributed by atoms with E-state index in [1.807, 2.05) is 13.8 Å². The molecule has 16 heavy (non-hydrogen) atoms. The van der Waals surface area contributed by atoms with E-state index in [1.165, 1.54) is 7.11 Å². The lowest BCUT2D eigenvalue weighted by molar-refractivity contribution is -0.147. The van der Waals surface area contributed by atoms with Gasteiger partial charge in [0.05, 0.1) is 7.11 Å². The van der Waals surface area contributed by atoms with Crippen LogP contribution in [0.5, 0.6) is 0 Å². The van der Waals surface area contributed by atoms with E-state index >= 15 is 0 Å². The van der Waals surface area contributed by atoms with Crippen LogP contribution in [0.25, 0.3) is 0 Å². The van der Waals surface area contributed by atoms with Gasteiger partial charge in [-0.3, -0.25) is 4.79 Å². The summed E-state index contributed by atoms with van der Waals surface area (Å²) in [6.45, 7) is 3.94. The van der Waals surface area contributed by atoms with Crippen LogP contribution in [-0.4, -0.2) is 25.0 Å². The summed E-state index contributed by atoms with van der Waals surface area (Å²) in [5.74, 6) is -0.128. The highest BCUT2D eigenvalue weighted by molar-refractivity contribution is 5.86. The maximum atomic E-state index is 11.8. The number of hydrogen-bond acceptors (Lipinski definition) is 3. The van der Waals surface area contributed by atoms with E-state index < -0.39 is 6.04 Å². The summed E-state index contributed by atoms with van der Waals surface area (Å²) >= 11 is 0. The summed E-state index contributed by atoms with van der Waals surface area (Å²) in [7, 11) is 1.35. The number of ether oxygens (including phenoxy) is 1. The fourth-order valence-corrected chi connectivity index (χ4v) is 1.74. The molecule has 0 aromatic rings. The molecule has 0 unspecified atom stereocenters. The van der Waals surface area contributed by atoms with E-state index in [4.69, 9.17) is 4.74 Å². The summed E-state index contributed by atoms with van der Waals surface area (Å²) < 4.78 is 4.71. The van der Waals surface area contributed by atoms with Crippen molar-refractivity contribution in [3.8, 4) is 0 Å². The van der Waals surface area contributed by atoms with Gasteiger partial charge in [-0.05, 0) is 18.8 Å². The van der Waals surface area contributed by atoms with E-state index in [2.05, 4.69) is 5.32 Å². The molecule has 1 aliphatic rings. The van der Waals surface area contributed by atoms with Crippen LogP contribution in [0.4, 0.5) is 0 Å². The van der Waals surface area contributed by atoms with Crippen LogP contribution in [0, 0.1) is 11.8 Å². The minimum Gasteiger partial charge on any atom is -0.467 e. The Hall–Kier alpha value is -1.06. The molecule has 92 valence electrons. The van der Waals surface area contributed by atoms with E-state index in [0.717, 1.165) is 25.7 Å². The standard InChI is InChI=1S/C12H21NO3/c1-4-8(2)10(12(15)16-3)13-11(14)9-6-5-7-9/h8-10H,4-7H2,1-3H3,(H,13,14)/t8-,10-/m1/s1. The third-order valence-electron chi connectivity index (χ3n) is 3.44. The molecule has 0 heterocycles. The molecule has 1 aliphatic carbocycles. The lowest BCUT2D eigenvalue weighted by Gasteiger charge is -2.28. The van der Waals surface area contributed by atoms with E-state index in [9.17, 15) is 9.59 Å². The van der Waals surface area contributed by atoms with Gasteiger partial charge < -0.3 is 10.1 Å². The third kappa shape index (κ3) is 2.97. The second-order valence-electron chi connectivity index (χ2n) is 4.52. The molecule has 0 radical (unpaired) electrons. The predicted molar refractivity (Wildman–Crippen MR) is 60.7 cm³/mol. The molecule has 0 aromatic heterocycles. The molecule has 0 spiro atoms. The van der Waals surface area contributed by atoms with Crippen LogP contribution < -0.4 is 5.32 Å². The largest absolute Gasteiger partial charge is 0.467 e. The van der Waals surface area contributed by atoms with Gasteiger partial charge in [-0.2, -0.15) is 0 Å². The van der Waals surface area contributed by atoms with Crippen molar-refractivity contribution < 1.29 is 14.3 Å². The smallest absolute Gasteiger partial charge is 0.328 e. The maximum absolute atomic E-state index is 11.8. The van der Waals surface area contributed by atoms with Gasteiger partial charge in [0.15, 0.2) is 0 Å². The lowest BCUT2D eigenvalue weighted by Crippen LogP contribution is -2.48. The zero-order chi connectivity index (χ0) is 12.1. The zero-order valence-corrected chi connectivity index (χ0v) is 10.3. The number of carbonyl (C=O) groups excluding carboxylic acids is 2. The number of hydrogen-bond donors (Lipinski definition) is 1. The molecule has 2 atom stereocenters. The molecule has 0 bridgehead atoms. The topological polar surface area (TPSA) is 55.4 Å². The SMILES string of the molecule is CC[C@@H](C)[C@@H](NC(=O)C1CCC1)C(=O)OC. The third-order valence-corrected chi connectivity index (χ3v) is 3.44. The van der Waals surface area contributed by atoms with Crippen molar-refractivity contribution in [3.05, 3.63) is 0 Å². The van der Waals surface area contributed by atoms with E-state index in [0.29, 0.717) is 0 Å². The average molecular weight is 227 g/mol. The quantitative estimate of drug-likeness (QED) is 0.724. The fraction of sp³-hybridized carbons (Fsp3) is 0.833. The van der Waals surface area contributed by atoms with E-state index in [1.54, 1.807) is 0 Å². The molecule has 1 amide bonds. The molecule has 1 fully saturated rings. The van der Waals surface area contributed by atoms with Crippen molar-refractivity contribution in [1.82, 2.24) is 5.32 Å². The summed E-state index contributed by atoms with van der Waals surface area (Å²) in [5.41, 5.74) is 0. The lowest BCUT2D eigenvalue weighted by atomic mass is 9.84. The van der Waals surface area contributed by atoms with Crippen LogP contribution in [0.15, 0.2) is 0 Å². The van der Waals surface area contributed by atoms with Crippen LogP contribution in [0.3, 0.4) is 0 Å². The summed E-state index contributed by atoms with van der Waals surface area (Å²) in [6.07, 6.45) is 3.84. The van der Waals surface area contributed by atoms with Crippen molar-refractivity contribution in [2.75, 3.05) is 7.11 Å². The molecule has 0 saturated heterocycles. The molecular formula is C12H21NO3. The Labute approximate surface area is 96.7 Å². The first-order valence-electron chi connectivity index (χ1n) is 5.98. The predicted octanol–water partition coefficient (Wildman–Crippen LogP) is 1.49. The molecule has 1 N–H and O–H groups in total. The van der Waals surface area contributed by atoms with Gasteiger partial charge in [0, 0.05) is 5.92 Å². The van der Waals surface area contributed by atoms with Crippen LogP contribution in [0.2, 0.25) is 0 Å². The number of rotatable bonds is 5. The van der Waals surface area contributed by atoms with Crippen molar-refractivity contribution >= 4 is 11.9 Å². The van der Waals surface area contributed by atoms with Gasteiger partial charge in [0.2, 0.25) is 5.91 Å².